The molecule has 0 aromatic carbocycles. The SMILES string of the molecule is FCOn1ccc2ncccc21. The average molecular weight is 166 g/mol. The van der Waals surface area contributed by atoms with Gasteiger partial charge in [0.1, 0.15) is 5.52 Å². The van der Waals surface area contributed by atoms with Crippen LogP contribution in [-0.4, -0.2) is 16.6 Å². The van der Waals surface area contributed by atoms with E-state index in [9.17, 15) is 4.39 Å². The zero-order valence-corrected chi connectivity index (χ0v) is 6.27. The lowest BCUT2D eigenvalue weighted by molar-refractivity contribution is 0.0499. The number of hydrogen-bond donors (Lipinski definition) is 0. The zero-order chi connectivity index (χ0) is 8.39. The molecule has 0 N–H and O–H groups in total. The molecule has 0 saturated carbocycles. The number of rotatable bonds is 2. The van der Waals surface area contributed by atoms with E-state index in [0.29, 0.717) is 0 Å². The number of pyridine rings is 1. The molecule has 62 valence electrons. The number of fused-ring (bicyclic) bond motifs is 1. The van der Waals surface area contributed by atoms with E-state index in [-0.39, 0.29) is 0 Å². The first-order chi connectivity index (χ1) is 5.92. The fourth-order valence-corrected chi connectivity index (χ4v) is 1.11. The van der Waals surface area contributed by atoms with Gasteiger partial charge < -0.3 is 4.84 Å². The fraction of sp³-hybridized carbons (Fsp3) is 0.125. The summed E-state index contributed by atoms with van der Waals surface area (Å²) in [4.78, 5) is 8.73. The Labute approximate surface area is 68.3 Å². The third-order valence-corrected chi connectivity index (χ3v) is 1.61. The fourth-order valence-electron chi connectivity index (χ4n) is 1.11. The summed E-state index contributed by atoms with van der Waals surface area (Å²) in [5.41, 5.74) is 1.57. The predicted molar refractivity (Wildman–Crippen MR) is 42.3 cm³/mol. The van der Waals surface area contributed by atoms with E-state index in [1.807, 2.05) is 6.07 Å². The molecule has 0 radical (unpaired) electrons. The molecule has 0 saturated heterocycles. The molecule has 0 atom stereocenters. The molecule has 12 heavy (non-hydrogen) atoms. The Morgan fingerprint density at radius 2 is 2.42 bits per heavy atom. The normalized spacial score (nSPS) is 10.4. The molecule has 3 nitrogen and oxygen atoms in total. The molecule has 0 bridgehead atoms. The molecule has 0 aliphatic rings. The topological polar surface area (TPSA) is 27.1 Å². The van der Waals surface area contributed by atoms with Crippen molar-refractivity contribution in [2.75, 3.05) is 6.86 Å². The van der Waals surface area contributed by atoms with Gasteiger partial charge in [-0.15, -0.1) is 0 Å². The van der Waals surface area contributed by atoms with Gasteiger partial charge in [0.05, 0.1) is 5.52 Å². The second kappa shape index (κ2) is 2.81. The second-order valence-corrected chi connectivity index (χ2v) is 2.29. The van der Waals surface area contributed by atoms with Crippen LogP contribution in [0.1, 0.15) is 0 Å². The number of halogens is 1. The van der Waals surface area contributed by atoms with E-state index < -0.39 is 6.86 Å². The minimum atomic E-state index is -0.835. The van der Waals surface area contributed by atoms with Crippen molar-refractivity contribution in [2.24, 2.45) is 0 Å². The Hall–Kier alpha value is -1.58. The summed E-state index contributed by atoms with van der Waals surface area (Å²) in [6, 6.07) is 5.36. The van der Waals surface area contributed by atoms with Crippen molar-refractivity contribution in [2.45, 2.75) is 0 Å². The van der Waals surface area contributed by atoms with Gasteiger partial charge in [0, 0.05) is 12.4 Å². The highest BCUT2D eigenvalue weighted by molar-refractivity contribution is 5.74. The van der Waals surface area contributed by atoms with Gasteiger partial charge in [0.15, 0.2) is 0 Å². The highest BCUT2D eigenvalue weighted by Crippen LogP contribution is 2.10. The number of alkyl halides is 1. The number of aromatic nitrogens is 2. The maximum absolute atomic E-state index is 11.8. The third kappa shape index (κ3) is 1.01. The van der Waals surface area contributed by atoms with Crippen molar-refractivity contribution >= 4 is 11.0 Å². The summed E-state index contributed by atoms with van der Waals surface area (Å²) in [7, 11) is 0. The van der Waals surface area contributed by atoms with Crippen molar-refractivity contribution in [3.63, 3.8) is 0 Å². The molecule has 0 aliphatic carbocycles. The first kappa shape index (κ1) is 7.09. The second-order valence-electron chi connectivity index (χ2n) is 2.29. The standard InChI is InChI=1S/C8H7FN2O/c9-6-12-11-5-3-7-8(11)2-1-4-10-7/h1-5H,6H2. The molecule has 2 rings (SSSR count). The van der Waals surface area contributed by atoms with Gasteiger partial charge in [-0.1, -0.05) is 0 Å². The van der Waals surface area contributed by atoms with Gasteiger partial charge >= 0.3 is 0 Å². The molecule has 0 spiro atoms. The Morgan fingerprint density at radius 1 is 1.50 bits per heavy atom. The molecule has 0 aliphatic heterocycles. The maximum atomic E-state index is 11.8. The lowest BCUT2D eigenvalue weighted by atomic mass is 10.4. The Morgan fingerprint density at radius 3 is 3.25 bits per heavy atom. The van der Waals surface area contributed by atoms with E-state index >= 15 is 0 Å². The summed E-state index contributed by atoms with van der Waals surface area (Å²) in [5, 5.41) is 0. The van der Waals surface area contributed by atoms with Crippen LogP contribution in [0, 0.1) is 0 Å². The highest BCUT2D eigenvalue weighted by atomic mass is 19.1. The van der Waals surface area contributed by atoms with E-state index in [2.05, 4.69) is 9.82 Å². The lowest BCUT2D eigenvalue weighted by Crippen LogP contribution is -2.07. The average Bonchev–Trinajstić information content (AvgIpc) is 2.50. The molecule has 0 amide bonds. The van der Waals surface area contributed by atoms with Crippen LogP contribution in [0.2, 0.25) is 0 Å². The highest BCUT2D eigenvalue weighted by Gasteiger charge is 1.99. The molecule has 0 unspecified atom stereocenters. The molecule has 2 heterocycles. The van der Waals surface area contributed by atoms with E-state index in [0.717, 1.165) is 11.0 Å². The van der Waals surface area contributed by atoms with E-state index in [1.165, 1.54) is 4.73 Å². The van der Waals surface area contributed by atoms with Crippen LogP contribution in [0.5, 0.6) is 0 Å². The third-order valence-electron chi connectivity index (χ3n) is 1.61. The lowest BCUT2D eigenvalue weighted by Gasteiger charge is -2.01. The van der Waals surface area contributed by atoms with E-state index in [4.69, 9.17) is 0 Å². The summed E-state index contributed by atoms with van der Waals surface area (Å²) < 4.78 is 13.2. The number of hydrogen-bond acceptors (Lipinski definition) is 2. The van der Waals surface area contributed by atoms with Gasteiger partial charge in [-0.2, -0.15) is 4.73 Å². The maximum Gasteiger partial charge on any atom is 0.252 e. The molecule has 2 aromatic rings. The summed E-state index contributed by atoms with van der Waals surface area (Å²) in [5.74, 6) is 0. The first-order valence-corrected chi connectivity index (χ1v) is 3.53. The minimum absolute atomic E-state index is 0.773. The minimum Gasteiger partial charge on any atom is -0.380 e. The van der Waals surface area contributed by atoms with Crippen molar-refractivity contribution in [1.82, 2.24) is 9.71 Å². The first-order valence-electron chi connectivity index (χ1n) is 3.53. The Bertz CT molecular complexity index is 385. The van der Waals surface area contributed by atoms with Crippen LogP contribution in [0.4, 0.5) is 4.39 Å². The zero-order valence-electron chi connectivity index (χ0n) is 6.27. The quantitative estimate of drug-likeness (QED) is 0.674. The van der Waals surface area contributed by atoms with Gasteiger partial charge in [0.25, 0.3) is 6.86 Å². The summed E-state index contributed by atoms with van der Waals surface area (Å²) in [6.07, 6.45) is 3.32. The van der Waals surface area contributed by atoms with Crippen LogP contribution < -0.4 is 4.84 Å². The Balaban J connectivity index is 2.55. The molecule has 4 heteroatoms. The van der Waals surface area contributed by atoms with Crippen LogP contribution in [0.25, 0.3) is 11.0 Å². The monoisotopic (exact) mass is 166 g/mol. The molecular weight excluding hydrogens is 159 g/mol. The van der Waals surface area contributed by atoms with Crippen molar-refractivity contribution < 1.29 is 9.23 Å². The summed E-state index contributed by atoms with van der Waals surface area (Å²) in [6.45, 7) is -0.835. The smallest absolute Gasteiger partial charge is 0.252 e. The van der Waals surface area contributed by atoms with Crippen LogP contribution >= 0.6 is 0 Å². The van der Waals surface area contributed by atoms with Crippen LogP contribution in [0.3, 0.4) is 0 Å². The van der Waals surface area contributed by atoms with Gasteiger partial charge in [-0.3, -0.25) is 4.98 Å². The molecule has 0 fully saturated rings. The van der Waals surface area contributed by atoms with Crippen LogP contribution in [-0.2, 0) is 0 Å². The van der Waals surface area contributed by atoms with Crippen molar-refractivity contribution in [1.29, 1.82) is 0 Å². The van der Waals surface area contributed by atoms with Gasteiger partial charge in [0.2, 0.25) is 0 Å². The van der Waals surface area contributed by atoms with Crippen molar-refractivity contribution in [3.05, 3.63) is 30.6 Å². The number of nitrogens with zero attached hydrogens (tertiary/aromatic N) is 2. The van der Waals surface area contributed by atoms with Crippen molar-refractivity contribution in [3.8, 4) is 0 Å². The Kier molecular flexibility index (Phi) is 1.66. The summed E-state index contributed by atoms with van der Waals surface area (Å²) >= 11 is 0. The van der Waals surface area contributed by atoms with Gasteiger partial charge in [-0.25, -0.2) is 4.39 Å². The van der Waals surface area contributed by atoms with Gasteiger partial charge in [-0.05, 0) is 18.2 Å². The molecular formula is C8H7FN2O. The predicted octanol–water partition coefficient (Wildman–Crippen LogP) is 1.39. The molecule has 2 aromatic heterocycles. The van der Waals surface area contributed by atoms with Crippen LogP contribution in [0.15, 0.2) is 30.6 Å². The largest absolute Gasteiger partial charge is 0.380 e. The van der Waals surface area contributed by atoms with E-state index in [1.54, 1.807) is 24.5 Å².